The lowest BCUT2D eigenvalue weighted by Crippen LogP contribution is -2.36. The fourth-order valence-electron chi connectivity index (χ4n) is 2.25. The molecule has 1 N–H and O–H groups in total. The normalized spacial score (nSPS) is 13.2. The Morgan fingerprint density at radius 2 is 1.88 bits per heavy atom. The molecule has 0 spiro atoms. The molecule has 1 amide bonds. The van der Waals surface area contributed by atoms with Gasteiger partial charge in [-0.3, -0.25) is 4.79 Å². The third kappa shape index (κ3) is 5.63. The zero-order valence-electron chi connectivity index (χ0n) is 14.4. The van der Waals surface area contributed by atoms with Crippen LogP contribution in [0.15, 0.2) is 42.5 Å². The van der Waals surface area contributed by atoms with E-state index in [4.69, 9.17) is 32.7 Å². The summed E-state index contributed by atoms with van der Waals surface area (Å²) in [5, 5.41) is 3.86. The smallest absolute Gasteiger partial charge is 0.249 e. The first kappa shape index (κ1) is 19.6. The number of halogens is 2. The summed E-state index contributed by atoms with van der Waals surface area (Å²) in [5.41, 5.74) is 1.82. The van der Waals surface area contributed by atoms with Crippen molar-refractivity contribution in [3.8, 4) is 5.75 Å². The Bertz CT molecular complexity index is 736. The average Bonchev–Trinajstić information content (AvgIpc) is 2.61. The minimum absolute atomic E-state index is 0.193. The predicted molar refractivity (Wildman–Crippen MR) is 100 cm³/mol. The van der Waals surface area contributed by atoms with Crippen LogP contribution >= 0.6 is 23.2 Å². The highest BCUT2D eigenvalue weighted by molar-refractivity contribution is 6.42. The van der Waals surface area contributed by atoms with E-state index in [0.29, 0.717) is 16.7 Å². The SMILES string of the molecule is COc1cccc(CO[C@@H](C)C(=O)N[C@H](C)c2ccc(Cl)c(Cl)c2)c1. The van der Waals surface area contributed by atoms with Gasteiger partial charge in [-0.15, -0.1) is 0 Å². The Morgan fingerprint density at radius 3 is 2.56 bits per heavy atom. The number of carbonyl (C=O) groups excluding carboxylic acids is 1. The van der Waals surface area contributed by atoms with E-state index in [0.717, 1.165) is 16.9 Å². The Morgan fingerprint density at radius 1 is 1.12 bits per heavy atom. The zero-order valence-corrected chi connectivity index (χ0v) is 15.9. The number of ether oxygens (including phenoxy) is 2. The lowest BCUT2D eigenvalue weighted by atomic mass is 10.1. The molecule has 2 atom stereocenters. The molecular weight excluding hydrogens is 361 g/mol. The van der Waals surface area contributed by atoms with Gasteiger partial charge in [0.2, 0.25) is 5.91 Å². The number of carbonyl (C=O) groups is 1. The molecule has 0 bridgehead atoms. The first-order chi connectivity index (χ1) is 11.9. The molecule has 2 aromatic carbocycles. The maximum absolute atomic E-state index is 12.3. The minimum Gasteiger partial charge on any atom is -0.497 e. The van der Waals surface area contributed by atoms with Crippen LogP contribution in [-0.2, 0) is 16.1 Å². The molecule has 0 saturated carbocycles. The second kappa shape index (κ2) is 9.09. The number of rotatable bonds is 7. The molecule has 0 radical (unpaired) electrons. The molecule has 0 aromatic heterocycles. The van der Waals surface area contributed by atoms with Gasteiger partial charge >= 0.3 is 0 Å². The largest absolute Gasteiger partial charge is 0.497 e. The lowest BCUT2D eigenvalue weighted by Gasteiger charge is -2.19. The van der Waals surface area contributed by atoms with Crippen LogP contribution in [0.4, 0.5) is 0 Å². The van der Waals surface area contributed by atoms with Crippen LogP contribution in [0, 0.1) is 0 Å². The van der Waals surface area contributed by atoms with Gasteiger partial charge in [0.15, 0.2) is 0 Å². The Balaban J connectivity index is 1.89. The summed E-state index contributed by atoms with van der Waals surface area (Å²) in [6.07, 6.45) is -0.587. The van der Waals surface area contributed by atoms with Crippen LogP contribution in [0.3, 0.4) is 0 Å². The lowest BCUT2D eigenvalue weighted by molar-refractivity contribution is -0.133. The fourth-order valence-corrected chi connectivity index (χ4v) is 2.56. The topological polar surface area (TPSA) is 47.6 Å². The molecule has 6 heteroatoms. The Hall–Kier alpha value is -1.75. The summed E-state index contributed by atoms with van der Waals surface area (Å²) in [4.78, 5) is 12.3. The van der Waals surface area contributed by atoms with Crippen LogP contribution < -0.4 is 10.1 Å². The Kier molecular flexibility index (Phi) is 7.12. The highest BCUT2D eigenvalue weighted by Gasteiger charge is 2.17. The zero-order chi connectivity index (χ0) is 18.4. The van der Waals surface area contributed by atoms with Crippen molar-refractivity contribution in [2.45, 2.75) is 32.6 Å². The average molecular weight is 382 g/mol. The molecule has 134 valence electrons. The summed E-state index contributed by atoms with van der Waals surface area (Å²) < 4.78 is 10.8. The Labute approximate surface area is 158 Å². The summed E-state index contributed by atoms with van der Waals surface area (Å²) in [6.45, 7) is 3.93. The van der Waals surface area contributed by atoms with E-state index < -0.39 is 6.10 Å². The third-order valence-electron chi connectivity index (χ3n) is 3.81. The molecule has 0 aliphatic rings. The molecule has 2 rings (SSSR count). The molecule has 4 nitrogen and oxygen atoms in total. The van der Waals surface area contributed by atoms with Crippen molar-refractivity contribution < 1.29 is 14.3 Å². The summed E-state index contributed by atoms with van der Waals surface area (Å²) in [5.74, 6) is 0.563. The number of hydrogen-bond donors (Lipinski definition) is 1. The quantitative estimate of drug-likeness (QED) is 0.750. The molecule has 0 fully saturated rings. The molecule has 0 aliphatic heterocycles. The molecule has 0 unspecified atom stereocenters. The van der Waals surface area contributed by atoms with E-state index in [1.54, 1.807) is 26.2 Å². The molecule has 0 saturated heterocycles. The van der Waals surface area contributed by atoms with E-state index in [1.165, 1.54) is 0 Å². The predicted octanol–water partition coefficient (Wildman–Crippen LogP) is 4.78. The van der Waals surface area contributed by atoms with E-state index in [2.05, 4.69) is 5.32 Å². The highest BCUT2D eigenvalue weighted by Crippen LogP contribution is 2.25. The first-order valence-electron chi connectivity index (χ1n) is 7.90. The molecule has 0 heterocycles. The number of hydrogen-bond acceptors (Lipinski definition) is 3. The van der Waals surface area contributed by atoms with Crippen molar-refractivity contribution in [1.82, 2.24) is 5.32 Å². The van der Waals surface area contributed by atoms with E-state index >= 15 is 0 Å². The summed E-state index contributed by atoms with van der Waals surface area (Å²) in [6, 6.07) is 12.6. The second-order valence-electron chi connectivity index (χ2n) is 5.71. The van der Waals surface area contributed by atoms with Crippen molar-refractivity contribution in [1.29, 1.82) is 0 Å². The number of amides is 1. The van der Waals surface area contributed by atoms with Crippen molar-refractivity contribution in [2.75, 3.05) is 7.11 Å². The van der Waals surface area contributed by atoms with Gasteiger partial charge in [-0.2, -0.15) is 0 Å². The third-order valence-corrected chi connectivity index (χ3v) is 4.54. The van der Waals surface area contributed by atoms with Gasteiger partial charge in [-0.25, -0.2) is 0 Å². The van der Waals surface area contributed by atoms with E-state index in [-0.39, 0.29) is 11.9 Å². The first-order valence-corrected chi connectivity index (χ1v) is 8.66. The highest BCUT2D eigenvalue weighted by atomic mass is 35.5. The maximum atomic E-state index is 12.3. The molecule has 2 aromatic rings. The van der Waals surface area contributed by atoms with E-state index in [9.17, 15) is 4.79 Å². The van der Waals surface area contributed by atoms with Crippen molar-refractivity contribution >= 4 is 29.1 Å². The van der Waals surface area contributed by atoms with E-state index in [1.807, 2.05) is 37.3 Å². The van der Waals surface area contributed by atoms with Gasteiger partial charge in [0, 0.05) is 0 Å². The number of benzene rings is 2. The summed E-state index contributed by atoms with van der Waals surface area (Å²) in [7, 11) is 1.61. The number of methoxy groups -OCH3 is 1. The summed E-state index contributed by atoms with van der Waals surface area (Å²) >= 11 is 11.9. The molecule has 25 heavy (non-hydrogen) atoms. The number of nitrogens with one attached hydrogen (secondary N) is 1. The van der Waals surface area contributed by atoms with Crippen molar-refractivity contribution in [3.05, 3.63) is 63.6 Å². The second-order valence-corrected chi connectivity index (χ2v) is 6.52. The van der Waals surface area contributed by atoms with Gasteiger partial charge in [-0.05, 0) is 49.2 Å². The van der Waals surface area contributed by atoms with Crippen LogP contribution in [0.2, 0.25) is 10.0 Å². The molecular formula is C19H21Cl2NO3. The van der Waals surface area contributed by atoms with Gasteiger partial charge in [0.25, 0.3) is 0 Å². The van der Waals surface area contributed by atoms with Crippen LogP contribution in [0.25, 0.3) is 0 Å². The maximum Gasteiger partial charge on any atom is 0.249 e. The monoisotopic (exact) mass is 381 g/mol. The van der Waals surface area contributed by atoms with Gasteiger partial charge in [0.1, 0.15) is 11.9 Å². The fraction of sp³-hybridized carbons (Fsp3) is 0.316. The van der Waals surface area contributed by atoms with Crippen LogP contribution in [-0.4, -0.2) is 19.1 Å². The van der Waals surface area contributed by atoms with Gasteiger partial charge in [-0.1, -0.05) is 41.4 Å². The molecule has 0 aliphatic carbocycles. The van der Waals surface area contributed by atoms with Crippen LogP contribution in [0.1, 0.15) is 31.0 Å². The minimum atomic E-state index is -0.587. The van der Waals surface area contributed by atoms with Gasteiger partial charge in [0.05, 0.1) is 29.8 Å². The van der Waals surface area contributed by atoms with Crippen molar-refractivity contribution in [3.63, 3.8) is 0 Å². The van der Waals surface area contributed by atoms with Gasteiger partial charge < -0.3 is 14.8 Å². The van der Waals surface area contributed by atoms with Crippen molar-refractivity contribution in [2.24, 2.45) is 0 Å². The van der Waals surface area contributed by atoms with Crippen LogP contribution in [0.5, 0.6) is 5.75 Å². The standard InChI is InChI=1S/C19H21Cl2NO3/c1-12(15-7-8-17(20)18(21)10-15)22-19(23)13(2)25-11-14-5-4-6-16(9-14)24-3/h4-10,12-13H,11H2,1-3H3,(H,22,23)/t12-,13+/m1/s1.